The average molecular weight is 276 g/mol. The Morgan fingerprint density at radius 3 is 2.95 bits per heavy atom. The van der Waals surface area contributed by atoms with E-state index >= 15 is 0 Å². The number of unbranched alkanes of at least 4 members (excludes halogenated alkanes) is 1. The van der Waals surface area contributed by atoms with Gasteiger partial charge in [0.2, 0.25) is 0 Å². The fraction of sp³-hybridized carbons (Fsp3) is 0.688. The van der Waals surface area contributed by atoms with Crippen molar-refractivity contribution in [2.75, 3.05) is 6.54 Å². The maximum atomic E-state index is 11.8. The van der Waals surface area contributed by atoms with Gasteiger partial charge >= 0.3 is 6.03 Å². The van der Waals surface area contributed by atoms with Gasteiger partial charge in [0.05, 0.1) is 6.26 Å². The van der Waals surface area contributed by atoms with Gasteiger partial charge in [0, 0.05) is 19.0 Å². The number of carbonyl (C=O) groups excluding carboxylic acids is 1. The zero-order valence-electron chi connectivity index (χ0n) is 11.9. The second kappa shape index (κ2) is 6.33. The molecule has 3 atom stereocenters. The molecule has 1 aromatic heterocycles. The Balaban J connectivity index is 1.26. The first kappa shape index (κ1) is 13.5. The lowest BCUT2D eigenvalue weighted by atomic mass is 9.95. The van der Waals surface area contributed by atoms with Crippen molar-refractivity contribution in [3.8, 4) is 0 Å². The molecule has 110 valence electrons. The van der Waals surface area contributed by atoms with Crippen molar-refractivity contribution in [1.82, 2.24) is 10.6 Å². The van der Waals surface area contributed by atoms with Crippen LogP contribution in [-0.2, 0) is 6.42 Å². The quantitative estimate of drug-likeness (QED) is 0.784. The first-order chi connectivity index (χ1) is 9.81. The molecule has 3 unspecified atom stereocenters. The highest BCUT2D eigenvalue weighted by atomic mass is 16.3. The van der Waals surface area contributed by atoms with Crippen LogP contribution < -0.4 is 10.6 Å². The number of aryl methyl sites for hydroxylation is 1. The topological polar surface area (TPSA) is 54.3 Å². The first-order valence-electron chi connectivity index (χ1n) is 7.88. The molecule has 3 rings (SSSR count). The van der Waals surface area contributed by atoms with Gasteiger partial charge in [-0.2, -0.15) is 0 Å². The van der Waals surface area contributed by atoms with Crippen molar-refractivity contribution < 1.29 is 9.21 Å². The van der Waals surface area contributed by atoms with Gasteiger partial charge in [-0.3, -0.25) is 0 Å². The van der Waals surface area contributed by atoms with Crippen LogP contribution in [0.1, 0.15) is 44.3 Å². The lowest BCUT2D eigenvalue weighted by Crippen LogP contribution is -2.44. The summed E-state index contributed by atoms with van der Waals surface area (Å²) in [5, 5.41) is 6.11. The number of urea groups is 1. The summed E-state index contributed by atoms with van der Waals surface area (Å²) in [6.07, 6.45) is 9.88. The standard InChI is InChI=1S/C16H24N2O2/c19-16(18-15-11-12-6-7-13(15)10-12)17-8-2-1-4-14-5-3-9-20-14/h3,5,9,12-13,15H,1-2,4,6-8,10-11H2,(H2,17,18,19). The second-order valence-electron chi connectivity index (χ2n) is 6.22. The molecule has 0 aromatic carbocycles. The molecule has 1 heterocycles. The zero-order valence-corrected chi connectivity index (χ0v) is 11.9. The highest BCUT2D eigenvalue weighted by Gasteiger charge is 2.39. The van der Waals surface area contributed by atoms with Crippen LogP contribution in [0.25, 0.3) is 0 Å². The molecule has 2 saturated carbocycles. The Kier molecular flexibility index (Phi) is 4.28. The zero-order chi connectivity index (χ0) is 13.8. The van der Waals surface area contributed by atoms with E-state index in [-0.39, 0.29) is 6.03 Å². The van der Waals surface area contributed by atoms with Gasteiger partial charge in [-0.05, 0) is 56.1 Å². The van der Waals surface area contributed by atoms with E-state index in [9.17, 15) is 4.79 Å². The number of furan rings is 1. The summed E-state index contributed by atoms with van der Waals surface area (Å²) in [6, 6.07) is 4.35. The lowest BCUT2D eigenvalue weighted by molar-refractivity contribution is 0.230. The van der Waals surface area contributed by atoms with Crippen LogP contribution in [0.2, 0.25) is 0 Å². The molecule has 0 radical (unpaired) electrons. The van der Waals surface area contributed by atoms with Gasteiger partial charge in [-0.25, -0.2) is 4.79 Å². The molecule has 2 N–H and O–H groups in total. The largest absolute Gasteiger partial charge is 0.469 e. The van der Waals surface area contributed by atoms with Gasteiger partial charge in [-0.15, -0.1) is 0 Å². The van der Waals surface area contributed by atoms with Crippen LogP contribution in [0.4, 0.5) is 4.79 Å². The Hall–Kier alpha value is -1.45. The van der Waals surface area contributed by atoms with Crippen molar-refractivity contribution >= 4 is 6.03 Å². The molecule has 4 nitrogen and oxygen atoms in total. The van der Waals surface area contributed by atoms with Crippen LogP contribution in [0.3, 0.4) is 0 Å². The van der Waals surface area contributed by atoms with Crippen molar-refractivity contribution in [2.24, 2.45) is 11.8 Å². The average Bonchev–Trinajstić information content (AvgIpc) is 3.15. The number of amides is 2. The van der Waals surface area contributed by atoms with Crippen LogP contribution in [0, 0.1) is 11.8 Å². The van der Waals surface area contributed by atoms with E-state index in [0.29, 0.717) is 6.04 Å². The Morgan fingerprint density at radius 2 is 2.25 bits per heavy atom. The van der Waals surface area contributed by atoms with Crippen molar-refractivity contribution in [3.63, 3.8) is 0 Å². The van der Waals surface area contributed by atoms with E-state index < -0.39 is 0 Å². The van der Waals surface area contributed by atoms with E-state index in [4.69, 9.17) is 4.42 Å². The molecule has 2 amide bonds. The minimum absolute atomic E-state index is 0.0144. The molecule has 1 aromatic rings. The molecule has 2 aliphatic carbocycles. The fourth-order valence-electron chi connectivity index (χ4n) is 3.72. The molecule has 2 bridgehead atoms. The number of fused-ring (bicyclic) bond motifs is 2. The minimum Gasteiger partial charge on any atom is -0.469 e. The van der Waals surface area contributed by atoms with Gasteiger partial charge in [-0.1, -0.05) is 6.42 Å². The van der Waals surface area contributed by atoms with E-state index in [1.54, 1.807) is 6.26 Å². The Labute approximate surface area is 120 Å². The minimum atomic E-state index is 0.0144. The van der Waals surface area contributed by atoms with Crippen LogP contribution in [0.15, 0.2) is 22.8 Å². The highest BCUT2D eigenvalue weighted by molar-refractivity contribution is 5.74. The van der Waals surface area contributed by atoms with Crippen LogP contribution in [-0.4, -0.2) is 18.6 Å². The van der Waals surface area contributed by atoms with E-state index in [2.05, 4.69) is 10.6 Å². The Morgan fingerprint density at radius 1 is 1.30 bits per heavy atom. The van der Waals surface area contributed by atoms with E-state index in [1.807, 2.05) is 12.1 Å². The summed E-state index contributed by atoms with van der Waals surface area (Å²) in [5.74, 6) is 2.64. The number of carbonyl (C=O) groups is 1. The van der Waals surface area contributed by atoms with Crippen molar-refractivity contribution in [3.05, 3.63) is 24.2 Å². The third kappa shape index (κ3) is 3.35. The third-order valence-corrected chi connectivity index (χ3v) is 4.77. The van der Waals surface area contributed by atoms with Gasteiger partial charge in [0.25, 0.3) is 0 Å². The fourth-order valence-corrected chi connectivity index (χ4v) is 3.72. The Bertz CT molecular complexity index is 430. The van der Waals surface area contributed by atoms with Crippen LogP contribution in [0.5, 0.6) is 0 Å². The first-order valence-corrected chi connectivity index (χ1v) is 7.88. The lowest BCUT2D eigenvalue weighted by Gasteiger charge is -2.23. The number of rotatable bonds is 6. The third-order valence-electron chi connectivity index (χ3n) is 4.77. The summed E-state index contributed by atoms with van der Waals surface area (Å²) in [5.41, 5.74) is 0. The summed E-state index contributed by atoms with van der Waals surface area (Å²) >= 11 is 0. The summed E-state index contributed by atoms with van der Waals surface area (Å²) in [7, 11) is 0. The molecule has 2 fully saturated rings. The number of hydrogen-bond acceptors (Lipinski definition) is 2. The molecular formula is C16H24N2O2. The van der Waals surface area contributed by atoms with Gasteiger partial charge < -0.3 is 15.1 Å². The monoisotopic (exact) mass is 276 g/mol. The molecule has 20 heavy (non-hydrogen) atoms. The maximum Gasteiger partial charge on any atom is 0.315 e. The highest BCUT2D eigenvalue weighted by Crippen LogP contribution is 2.44. The predicted octanol–water partition coefficient (Wildman–Crippen LogP) is 3.09. The van der Waals surface area contributed by atoms with Gasteiger partial charge in [0.15, 0.2) is 0 Å². The molecule has 0 saturated heterocycles. The smallest absolute Gasteiger partial charge is 0.315 e. The molecule has 4 heteroatoms. The normalized spacial score (nSPS) is 27.7. The molecule has 0 spiro atoms. The molecule has 0 aliphatic heterocycles. The second-order valence-corrected chi connectivity index (χ2v) is 6.22. The molecular weight excluding hydrogens is 252 g/mol. The van der Waals surface area contributed by atoms with Gasteiger partial charge in [0.1, 0.15) is 5.76 Å². The van der Waals surface area contributed by atoms with E-state index in [0.717, 1.165) is 43.4 Å². The number of hydrogen-bond donors (Lipinski definition) is 2. The van der Waals surface area contributed by atoms with E-state index in [1.165, 1.54) is 25.7 Å². The van der Waals surface area contributed by atoms with Crippen molar-refractivity contribution in [1.29, 1.82) is 0 Å². The summed E-state index contributed by atoms with van der Waals surface area (Å²) < 4.78 is 5.28. The number of nitrogens with one attached hydrogen (secondary N) is 2. The maximum absolute atomic E-state index is 11.8. The summed E-state index contributed by atoms with van der Waals surface area (Å²) in [4.78, 5) is 11.8. The summed E-state index contributed by atoms with van der Waals surface area (Å²) in [6.45, 7) is 0.743. The SMILES string of the molecule is O=C(NCCCCc1ccco1)NC1CC2CCC1C2. The predicted molar refractivity (Wildman–Crippen MR) is 77.4 cm³/mol. The van der Waals surface area contributed by atoms with Crippen molar-refractivity contribution in [2.45, 2.75) is 51.0 Å². The molecule has 2 aliphatic rings. The van der Waals surface area contributed by atoms with Crippen LogP contribution >= 0.6 is 0 Å².